The number of aliphatic carboxylic acids is 6. The fourth-order valence-electron chi connectivity index (χ4n) is 4.61. The molecule has 1 atom stereocenters. The van der Waals surface area contributed by atoms with E-state index in [0.29, 0.717) is 0 Å². The van der Waals surface area contributed by atoms with Gasteiger partial charge in [0.25, 0.3) is 0 Å². The molecule has 0 aromatic heterocycles. The first kappa shape index (κ1) is 38.9. The molecule has 2 rings (SSSR count). The normalized spacial score (nSPS) is 11.8. The molecule has 0 aliphatic heterocycles. The molecule has 0 bridgehead atoms. The Kier molecular flexibility index (Phi) is 15.7. The molecule has 17 heteroatoms. The van der Waals surface area contributed by atoms with Crippen molar-refractivity contribution in [3.8, 4) is 11.5 Å². The van der Waals surface area contributed by atoms with Crippen molar-refractivity contribution in [3.05, 3.63) is 59.2 Å². The molecule has 0 radical (unpaired) electrons. The second-order valence-electron chi connectivity index (χ2n) is 10.8. The van der Waals surface area contributed by atoms with Gasteiger partial charge >= 0.3 is 0 Å². The van der Waals surface area contributed by atoms with Gasteiger partial charge < -0.3 is 68.9 Å². The predicted molar refractivity (Wildman–Crippen MR) is 149 cm³/mol. The number of nitrogens with zero attached hydrogens (tertiary/aromatic N) is 3. The summed E-state index contributed by atoms with van der Waals surface area (Å²) >= 11 is 0. The molecular formula is C31H33N3O14-6. The first-order valence-corrected chi connectivity index (χ1v) is 14.4. The molecule has 48 heavy (non-hydrogen) atoms. The SMILES string of the molecule is Cc1ccc(COc2ccc(OCC(CN(CCN(CC(=O)[O-])CC(=O)[O-])CC(=O)[O-])N(CC(=O)[O-])CC(=O)[O-])c(CC(=O)[O-])c2)cc1. The molecule has 2 aromatic carbocycles. The Hall–Kier alpha value is -5.26. The average Bonchev–Trinajstić information content (AvgIpc) is 2.96. The molecule has 17 nitrogen and oxygen atoms in total. The van der Waals surface area contributed by atoms with E-state index in [-0.39, 0.29) is 36.8 Å². The molecule has 0 N–H and O–H groups in total. The monoisotopic (exact) mass is 671 g/mol. The summed E-state index contributed by atoms with van der Waals surface area (Å²) in [4.78, 5) is 71.0. The van der Waals surface area contributed by atoms with E-state index in [9.17, 15) is 59.4 Å². The fourth-order valence-corrected chi connectivity index (χ4v) is 4.61. The van der Waals surface area contributed by atoms with Crippen LogP contribution in [-0.2, 0) is 41.8 Å². The van der Waals surface area contributed by atoms with Gasteiger partial charge in [0.05, 0.1) is 35.9 Å². The van der Waals surface area contributed by atoms with Crippen molar-refractivity contribution < 1.29 is 68.9 Å². The highest BCUT2D eigenvalue weighted by molar-refractivity contribution is 5.71. The van der Waals surface area contributed by atoms with Gasteiger partial charge in [-0.2, -0.15) is 0 Å². The third-order valence-electron chi connectivity index (χ3n) is 6.76. The van der Waals surface area contributed by atoms with Crippen LogP contribution < -0.4 is 40.1 Å². The van der Waals surface area contributed by atoms with Gasteiger partial charge in [-0.25, -0.2) is 0 Å². The molecule has 0 heterocycles. The van der Waals surface area contributed by atoms with Crippen LogP contribution in [0.15, 0.2) is 42.5 Å². The molecule has 0 saturated heterocycles. The van der Waals surface area contributed by atoms with Crippen LogP contribution >= 0.6 is 0 Å². The summed E-state index contributed by atoms with van der Waals surface area (Å²) in [6.45, 7) is -4.00. The van der Waals surface area contributed by atoms with Crippen molar-refractivity contribution in [1.29, 1.82) is 0 Å². The molecule has 0 spiro atoms. The summed E-state index contributed by atoms with van der Waals surface area (Å²) in [6, 6.07) is 10.5. The summed E-state index contributed by atoms with van der Waals surface area (Å²) in [6.07, 6.45) is -0.632. The highest BCUT2D eigenvalue weighted by atomic mass is 16.5. The number of carboxylic acids is 6. The fraction of sp³-hybridized carbons (Fsp3) is 0.419. The lowest BCUT2D eigenvalue weighted by Gasteiger charge is -2.37. The number of carbonyl (C=O) groups is 6. The van der Waals surface area contributed by atoms with E-state index < -0.39 is 94.2 Å². The van der Waals surface area contributed by atoms with E-state index >= 15 is 0 Å². The summed E-state index contributed by atoms with van der Waals surface area (Å²) < 4.78 is 11.6. The summed E-state index contributed by atoms with van der Waals surface area (Å²) in [5.74, 6) is -9.48. The maximum atomic E-state index is 11.5. The second-order valence-corrected chi connectivity index (χ2v) is 10.8. The summed E-state index contributed by atoms with van der Waals surface area (Å²) in [5, 5.41) is 68.2. The Morgan fingerprint density at radius 3 is 1.69 bits per heavy atom. The zero-order valence-electron chi connectivity index (χ0n) is 26.0. The van der Waals surface area contributed by atoms with Crippen molar-refractivity contribution in [1.82, 2.24) is 14.7 Å². The number of ether oxygens (including phenoxy) is 2. The van der Waals surface area contributed by atoms with E-state index in [1.807, 2.05) is 31.2 Å². The number of hydrogen-bond donors (Lipinski definition) is 0. The highest BCUT2D eigenvalue weighted by Crippen LogP contribution is 2.26. The van der Waals surface area contributed by atoms with Crippen LogP contribution in [0.1, 0.15) is 16.7 Å². The van der Waals surface area contributed by atoms with Crippen molar-refractivity contribution in [2.75, 3.05) is 59.0 Å². The lowest BCUT2D eigenvalue weighted by atomic mass is 10.1. The Balaban J connectivity index is 2.35. The van der Waals surface area contributed by atoms with Crippen LogP contribution in [-0.4, -0.2) is 116 Å². The zero-order chi connectivity index (χ0) is 35.8. The number of aryl methyl sites for hydroxylation is 1. The first-order valence-electron chi connectivity index (χ1n) is 14.4. The lowest BCUT2D eigenvalue weighted by Crippen LogP contribution is -2.56. The Morgan fingerprint density at radius 2 is 1.17 bits per heavy atom. The molecule has 262 valence electrons. The minimum atomic E-state index is -1.70. The van der Waals surface area contributed by atoms with Crippen LogP contribution in [0.25, 0.3) is 0 Å². The van der Waals surface area contributed by atoms with Gasteiger partial charge in [0.1, 0.15) is 24.7 Å². The molecular weight excluding hydrogens is 638 g/mol. The van der Waals surface area contributed by atoms with E-state index in [1.54, 1.807) is 0 Å². The van der Waals surface area contributed by atoms with E-state index in [1.165, 1.54) is 18.2 Å². The predicted octanol–water partition coefficient (Wildman–Crippen LogP) is -7.73. The minimum absolute atomic E-state index is 0.0192. The molecule has 0 aliphatic carbocycles. The van der Waals surface area contributed by atoms with Crippen molar-refractivity contribution >= 4 is 35.8 Å². The lowest BCUT2D eigenvalue weighted by molar-refractivity contribution is -0.313. The average molecular weight is 672 g/mol. The number of benzene rings is 2. The zero-order valence-corrected chi connectivity index (χ0v) is 26.0. The van der Waals surface area contributed by atoms with Gasteiger partial charge in [0, 0.05) is 70.3 Å². The molecule has 2 aromatic rings. The highest BCUT2D eigenvalue weighted by Gasteiger charge is 2.24. The quantitative estimate of drug-likeness (QED) is 0.100. The first-order chi connectivity index (χ1) is 22.6. The van der Waals surface area contributed by atoms with Crippen LogP contribution in [0.4, 0.5) is 0 Å². The van der Waals surface area contributed by atoms with E-state index in [0.717, 1.165) is 25.8 Å². The number of carboxylic acid groups (broad SMARTS) is 6. The van der Waals surface area contributed by atoms with Crippen molar-refractivity contribution in [2.45, 2.75) is 26.0 Å². The van der Waals surface area contributed by atoms with Gasteiger partial charge in [0.15, 0.2) is 0 Å². The largest absolute Gasteiger partial charge is 0.550 e. The standard InChI is InChI=1S/C31H39N3O14/c1-20-2-4-21(5-3-20)18-47-24-6-7-25(22(10-24)11-26(35)36)48-19-23(34(16-30(43)44)17-31(45)46)12-32(13-27(37)38)8-9-33(14-28(39)40)15-29(41)42/h2-7,10,23H,8-9,11-19H2,1H3,(H,35,36)(H,37,38)(H,39,40)(H,41,42)(H,43,44)(H,45,46)/p-6. The maximum Gasteiger partial charge on any atom is 0.123 e. The Morgan fingerprint density at radius 1 is 0.646 bits per heavy atom. The summed E-state index contributed by atoms with van der Waals surface area (Å²) in [5.41, 5.74) is 1.98. The van der Waals surface area contributed by atoms with Crippen LogP contribution in [0.3, 0.4) is 0 Å². The Bertz CT molecular complexity index is 1400. The van der Waals surface area contributed by atoms with Gasteiger partial charge in [-0.3, -0.25) is 14.7 Å². The van der Waals surface area contributed by atoms with Crippen LogP contribution in [0, 0.1) is 6.92 Å². The third kappa shape index (κ3) is 15.4. The number of hydrogen-bond acceptors (Lipinski definition) is 17. The van der Waals surface area contributed by atoms with Crippen LogP contribution in [0.2, 0.25) is 0 Å². The maximum absolute atomic E-state index is 11.5. The van der Waals surface area contributed by atoms with Gasteiger partial charge in [-0.1, -0.05) is 29.8 Å². The van der Waals surface area contributed by atoms with Gasteiger partial charge in [-0.05, 0) is 30.7 Å². The molecule has 0 amide bonds. The molecule has 0 fully saturated rings. The number of carbonyl (C=O) groups excluding carboxylic acids is 6. The van der Waals surface area contributed by atoms with Crippen molar-refractivity contribution in [3.63, 3.8) is 0 Å². The second kappa shape index (κ2) is 19.4. The van der Waals surface area contributed by atoms with E-state index in [4.69, 9.17) is 9.47 Å². The van der Waals surface area contributed by atoms with Gasteiger partial charge in [0.2, 0.25) is 0 Å². The minimum Gasteiger partial charge on any atom is -0.550 e. The Labute approximate surface area is 275 Å². The topological polar surface area (TPSA) is 269 Å². The van der Waals surface area contributed by atoms with Gasteiger partial charge in [-0.15, -0.1) is 0 Å². The van der Waals surface area contributed by atoms with Crippen LogP contribution in [0.5, 0.6) is 11.5 Å². The molecule has 1 unspecified atom stereocenters. The molecule has 0 saturated carbocycles. The smallest absolute Gasteiger partial charge is 0.123 e. The molecule has 0 aliphatic rings. The van der Waals surface area contributed by atoms with E-state index in [2.05, 4.69) is 0 Å². The third-order valence-corrected chi connectivity index (χ3v) is 6.76. The van der Waals surface area contributed by atoms with Crippen molar-refractivity contribution in [2.24, 2.45) is 0 Å². The number of rotatable bonds is 24. The summed E-state index contributed by atoms with van der Waals surface area (Å²) in [7, 11) is 0.